The molecule has 5 N–H and O–H groups in total. The van der Waals surface area contributed by atoms with E-state index in [2.05, 4.69) is 20.6 Å². The van der Waals surface area contributed by atoms with E-state index in [4.69, 9.17) is 14.9 Å². The second-order valence-corrected chi connectivity index (χ2v) is 10.2. The van der Waals surface area contributed by atoms with Gasteiger partial charge in [0.1, 0.15) is 11.3 Å². The molecule has 0 saturated carbocycles. The molecule has 0 aromatic carbocycles. The molecule has 4 heterocycles. The van der Waals surface area contributed by atoms with E-state index in [0.29, 0.717) is 54.4 Å². The second kappa shape index (κ2) is 11.8. The van der Waals surface area contributed by atoms with Gasteiger partial charge >= 0.3 is 6.03 Å². The maximum atomic E-state index is 13.3. The van der Waals surface area contributed by atoms with Crippen LogP contribution in [0.25, 0.3) is 11.6 Å². The molecule has 2 aromatic heterocycles. The molecule has 4 amide bonds. The van der Waals surface area contributed by atoms with Gasteiger partial charge in [0, 0.05) is 44.4 Å². The number of aromatic amines is 1. The molecule has 13 heteroatoms. The van der Waals surface area contributed by atoms with Gasteiger partial charge in [0.15, 0.2) is 0 Å². The third-order valence-electron chi connectivity index (χ3n) is 7.38. The minimum Gasteiger partial charge on any atom is -0.442 e. The van der Waals surface area contributed by atoms with Gasteiger partial charge in [-0.25, -0.2) is 9.78 Å². The number of nitrogens with one attached hydrogen (secondary N) is 3. The van der Waals surface area contributed by atoms with Crippen LogP contribution in [0.3, 0.4) is 0 Å². The zero-order chi connectivity index (χ0) is 29.9. The number of urea groups is 1. The number of rotatable bonds is 10. The number of amides is 4. The largest absolute Gasteiger partial charge is 0.442 e. The van der Waals surface area contributed by atoms with E-state index in [1.807, 2.05) is 44.0 Å². The summed E-state index contributed by atoms with van der Waals surface area (Å²) in [7, 11) is 3.44. The fourth-order valence-electron chi connectivity index (χ4n) is 4.98. The summed E-state index contributed by atoms with van der Waals surface area (Å²) in [6.07, 6.45) is 6.12. The summed E-state index contributed by atoms with van der Waals surface area (Å²) in [4.78, 5) is 59.2. The summed E-state index contributed by atoms with van der Waals surface area (Å²) in [5.41, 5.74) is 7.52. The highest BCUT2D eigenvalue weighted by Crippen LogP contribution is 2.39. The highest BCUT2D eigenvalue weighted by Gasteiger charge is 2.42. The Morgan fingerprint density at radius 3 is 2.76 bits per heavy atom. The number of fused-ring (bicyclic) bond motifs is 1. The van der Waals surface area contributed by atoms with Crippen molar-refractivity contribution in [2.75, 3.05) is 44.4 Å². The highest BCUT2D eigenvalue weighted by atomic mass is 16.5. The fraction of sp³-hybridized carbons (Fsp3) is 0.393. The van der Waals surface area contributed by atoms with Crippen LogP contribution in [0, 0.1) is 0 Å². The van der Waals surface area contributed by atoms with Crippen LogP contribution in [0.1, 0.15) is 44.2 Å². The Morgan fingerprint density at radius 2 is 2.10 bits per heavy atom. The van der Waals surface area contributed by atoms with Gasteiger partial charge in [-0.15, -0.1) is 0 Å². The molecule has 2 aliphatic heterocycles. The lowest BCUT2D eigenvalue weighted by Crippen LogP contribution is -2.55. The number of hydrogen-bond donors (Lipinski definition) is 4. The third-order valence-corrected chi connectivity index (χ3v) is 7.38. The lowest BCUT2D eigenvalue weighted by molar-refractivity contribution is -0.126. The van der Waals surface area contributed by atoms with Crippen molar-refractivity contribution in [2.24, 2.45) is 0 Å². The monoisotopic (exact) mass is 565 g/mol. The number of ether oxygens (including phenoxy) is 1. The van der Waals surface area contributed by atoms with Gasteiger partial charge in [0.2, 0.25) is 24.1 Å². The smallest absolute Gasteiger partial charge is 0.322 e. The molecule has 41 heavy (non-hydrogen) atoms. The van der Waals surface area contributed by atoms with Gasteiger partial charge in [0.25, 0.3) is 5.56 Å². The van der Waals surface area contributed by atoms with Crippen molar-refractivity contribution in [1.82, 2.24) is 25.5 Å². The summed E-state index contributed by atoms with van der Waals surface area (Å²) in [5.74, 6) is 0.779. The number of nitrogen functional groups attached to an aromatic ring is 1. The first-order valence-corrected chi connectivity index (χ1v) is 13.2. The lowest BCUT2D eigenvalue weighted by Gasteiger charge is -2.35. The molecular formula is C28H35N7O6. The van der Waals surface area contributed by atoms with Crippen LogP contribution in [0.2, 0.25) is 0 Å². The van der Waals surface area contributed by atoms with E-state index in [1.165, 1.54) is 6.07 Å². The number of hydrogen-bond acceptors (Lipinski definition) is 9. The van der Waals surface area contributed by atoms with Gasteiger partial charge in [-0.1, -0.05) is 19.1 Å². The van der Waals surface area contributed by atoms with Gasteiger partial charge in [-0.05, 0) is 43.6 Å². The molecular weight excluding hydrogens is 530 g/mol. The number of nitrogens with two attached hydrogens (primary N) is 1. The van der Waals surface area contributed by atoms with Crippen molar-refractivity contribution in [3.63, 3.8) is 0 Å². The van der Waals surface area contributed by atoms with Crippen molar-refractivity contribution in [3.05, 3.63) is 62.8 Å². The Bertz CT molecular complexity index is 1500. The standard InChI is InChI=1S/C28H35N7O6/c1-6-28(33-27(39)30-15-36,14-35-13-18(17(3)24(35)38)8-7-16(2)40-5)22-10-19-9-20(12-34(4)25(19)41-22)21-11-23(37)32-26(29)31-21/h7-11,15-16H,6,12-14H2,1-5H3,(H3,29,31,32,37)(H2,30,33,36,39)/b8-7-/t16?,28-/m0/s1. The molecule has 2 aromatic rings. The third kappa shape index (κ3) is 6.09. The molecule has 0 radical (unpaired) electrons. The van der Waals surface area contributed by atoms with E-state index in [-0.39, 0.29) is 30.1 Å². The molecule has 2 atom stereocenters. The first kappa shape index (κ1) is 29.3. The molecule has 2 aliphatic rings. The van der Waals surface area contributed by atoms with E-state index in [9.17, 15) is 19.2 Å². The number of furan rings is 1. The van der Waals surface area contributed by atoms with Crippen molar-refractivity contribution in [3.8, 4) is 0 Å². The molecule has 218 valence electrons. The first-order chi connectivity index (χ1) is 19.5. The number of likely N-dealkylation sites (N-methyl/N-ethyl adjacent to an activating group) is 1. The minimum atomic E-state index is -1.18. The molecule has 0 spiro atoms. The van der Waals surface area contributed by atoms with Crippen LogP contribution in [-0.4, -0.2) is 73.1 Å². The molecule has 0 bridgehead atoms. The number of aromatic nitrogens is 2. The molecule has 0 fully saturated rings. The van der Waals surface area contributed by atoms with Gasteiger partial charge in [-0.2, -0.15) is 0 Å². The number of carbonyl (C=O) groups is 3. The van der Waals surface area contributed by atoms with Crippen LogP contribution in [0.5, 0.6) is 0 Å². The normalized spacial score (nSPS) is 17.4. The molecule has 0 aliphatic carbocycles. The zero-order valence-electron chi connectivity index (χ0n) is 23.7. The van der Waals surface area contributed by atoms with Crippen LogP contribution in [-0.2, 0) is 19.9 Å². The summed E-state index contributed by atoms with van der Waals surface area (Å²) in [6.45, 7) is 6.32. The minimum absolute atomic E-state index is 0.00944. The van der Waals surface area contributed by atoms with E-state index >= 15 is 0 Å². The zero-order valence-corrected chi connectivity index (χ0v) is 23.7. The predicted octanol–water partition coefficient (Wildman–Crippen LogP) is 1.75. The average Bonchev–Trinajstić information content (AvgIpc) is 3.48. The van der Waals surface area contributed by atoms with Crippen molar-refractivity contribution in [1.29, 1.82) is 0 Å². The highest BCUT2D eigenvalue weighted by molar-refractivity contribution is 5.97. The van der Waals surface area contributed by atoms with Gasteiger partial charge in [-0.3, -0.25) is 24.7 Å². The SMILES string of the molecule is CC[C@@](CN1CC(/C=C\C(C)OC)=C(C)C1=O)(NC(=O)NC=O)c1cc2c(o1)N(C)CC(c1cc(=O)[nH]c(N)n1)=C2. The summed E-state index contributed by atoms with van der Waals surface area (Å²) >= 11 is 0. The Labute approximate surface area is 237 Å². The maximum Gasteiger partial charge on any atom is 0.322 e. The summed E-state index contributed by atoms with van der Waals surface area (Å²) in [5, 5.41) is 5.00. The number of nitrogens with zero attached hydrogens (tertiary/aromatic N) is 3. The quantitative estimate of drug-likeness (QED) is 0.313. The van der Waals surface area contributed by atoms with Crippen molar-refractivity contribution >= 4 is 41.8 Å². The Kier molecular flexibility index (Phi) is 8.47. The van der Waals surface area contributed by atoms with Crippen molar-refractivity contribution < 1.29 is 23.5 Å². The molecule has 1 unspecified atom stereocenters. The fourth-order valence-corrected chi connectivity index (χ4v) is 4.98. The Hall–Kier alpha value is -4.65. The maximum absolute atomic E-state index is 13.3. The topological polar surface area (TPSA) is 176 Å². The van der Waals surface area contributed by atoms with Crippen LogP contribution < -0.4 is 26.8 Å². The molecule has 0 saturated heterocycles. The van der Waals surface area contributed by atoms with Crippen LogP contribution in [0.4, 0.5) is 16.6 Å². The van der Waals surface area contributed by atoms with Gasteiger partial charge < -0.3 is 30.0 Å². The van der Waals surface area contributed by atoms with E-state index < -0.39 is 11.6 Å². The number of anilines is 2. The van der Waals surface area contributed by atoms with Gasteiger partial charge in [0.05, 0.1) is 18.3 Å². The molecule has 4 rings (SSSR count). The molecule has 13 nitrogen and oxygen atoms in total. The number of imide groups is 1. The number of carbonyl (C=O) groups excluding carboxylic acids is 3. The van der Waals surface area contributed by atoms with Crippen LogP contribution in [0.15, 0.2) is 44.6 Å². The van der Waals surface area contributed by atoms with E-state index in [0.717, 1.165) is 11.1 Å². The Balaban J connectivity index is 1.72. The van der Waals surface area contributed by atoms with E-state index in [1.54, 1.807) is 25.0 Å². The second-order valence-electron chi connectivity index (χ2n) is 10.2. The average molecular weight is 566 g/mol. The van der Waals surface area contributed by atoms with Crippen molar-refractivity contribution in [2.45, 2.75) is 38.8 Å². The number of methoxy groups -OCH3 is 1. The predicted molar refractivity (Wildman–Crippen MR) is 154 cm³/mol. The summed E-state index contributed by atoms with van der Waals surface area (Å²) in [6, 6.07) is 2.43. The summed E-state index contributed by atoms with van der Waals surface area (Å²) < 4.78 is 11.6. The first-order valence-electron chi connectivity index (χ1n) is 13.2. The Morgan fingerprint density at radius 1 is 1.34 bits per heavy atom. The number of H-pyrrole nitrogens is 1. The van der Waals surface area contributed by atoms with Crippen LogP contribution >= 0.6 is 0 Å². The lowest BCUT2D eigenvalue weighted by atomic mass is 9.91.